The number of nitrogens with one attached hydrogen (secondary N) is 2. The van der Waals surface area contributed by atoms with Gasteiger partial charge < -0.3 is 15.5 Å². The Morgan fingerprint density at radius 2 is 1.45 bits per heavy atom. The van der Waals surface area contributed by atoms with Crippen molar-refractivity contribution in [3.63, 3.8) is 0 Å². The summed E-state index contributed by atoms with van der Waals surface area (Å²) in [5.41, 5.74) is 0.930. The summed E-state index contributed by atoms with van der Waals surface area (Å²) in [6.07, 6.45) is 6.44. The van der Waals surface area contributed by atoms with Crippen LogP contribution >= 0.6 is 12.2 Å². The van der Waals surface area contributed by atoms with Crippen LogP contribution in [0.4, 0.5) is 0 Å². The number of carbonyl (C=O) groups excluding carboxylic acids is 3. The van der Waals surface area contributed by atoms with E-state index in [0.717, 1.165) is 41.3 Å². The molecule has 3 amide bonds. The summed E-state index contributed by atoms with van der Waals surface area (Å²) in [5.74, 6) is -1.15. The number of nitrogens with zero attached hydrogens (tertiary/aromatic N) is 2. The van der Waals surface area contributed by atoms with Crippen molar-refractivity contribution >= 4 is 45.8 Å². The molecule has 2 fully saturated rings. The van der Waals surface area contributed by atoms with Crippen LogP contribution < -0.4 is 10.6 Å². The van der Waals surface area contributed by atoms with Gasteiger partial charge in [-0.1, -0.05) is 37.1 Å². The first-order chi connectivity index (χ1) is 16.0. The second-order valence-electron chi connectivity index (χ2n) is 9.17. The predicted molar refractivity (Wildman–Crippen MR) is 130 cm³/mol. The number of amides is 3. The Hall–Kier alpha value is -3.00. The number of carbonyl (C=O) groups is 3. The lowest BCUT2D eigenvalue weighted by atomic mass is 9.94. The number of piperidine rings is 1. The van der Waals surface area contributed by atoms with Gasteiger partial charge in [0.25, 0.3) is 11.8 Å². The lowest BCUT2D eigenvalue weighted by molar-refractivity contribution is -0.122. The number of imide groups is 1. The van der Waals surface area contributed by atoms with Crippen LogP contribution in [0.3, 0.4) is 0 Å². The van der Waals surface area contributed by atoms with Gasteiger partial charge in [0.2, 0.25) is 5.91 Å². The summed E-state index contributed by atoms with van der Waals surface area (Å²) in [5, 5.41) is 8.81. The zero-order valence-electron chi connectivity index (χ0n) is 18.5. The normalized spacial score (nSPS) is 19.3. The summed E-state index contributed by atoms with van der Waals surface area (Å²) in [7, 11) is 0. The number of rotatable bonds is 4. The molecule has 1 saturated carbocycles. The molecule has 3 aliphatic rings. The molecule has 0 radical (unpaired) electrons. The molecule has 2 N–H and O–H groups in total. The van der Waals surface area contributed by atoms with Crippen molar-refractivity contribution in [2.45, 2.75) is 50.6 Å². The Labute approximate surface area is 198 Å². The van der Waals surface area contributed by atoms with Crippen LogP contribution in [0.15, 0.2) is 36.4 Å². The molecule has 0 atom stereocenters. The molecular formula is C25H28N4O3S. The van der Waals surface area contributed by atoms with Crippen molar-refractivity contribution in [1.29, 1.82) is 0 Å². The quantitative estimate of drug-likeness (QED) is 0.535. The highest BCUT2D eigenvalue weighted by molar-refractivity contribution is 7.80. The van der Waals surface area contributed by atoms with Crippen LogP contribution in [0.1, 0.15) is 59.2 Å². The van der Waals surface area contributed by atoms with Crippen molar-refractivity contribution in [2.75, 3.05) is 19.6 Å². The Morgan fingerprint density at radius 3 is 2.06 bits per heavy atom. The number of hydrogen-bond donors (Lipinski definition) is 2. The molecule has 33 heavy (non-hydrogen) atoms. The number of benzene rings is 2. The molecule has 0 spiro atoms. The van der Waals surface area contributed by atoms with Gasteiger partial charge in [-0.3, -0.25) is 19.3 Å². The van der Waals surface area contributed by atoms with Crippen LogP contribution in [-0.2, 0) is 4.79 Å². The minimum absolute atomic E-state index is 0.00810. The van der Waals surface area contributed by atoms with E-state index in [-0.39, 0.29) is 18.5 Å². The lowest BCUT2D eigenvalue weighted by Gasteiger charge is -2.35. The summed E-state index contributed by atoms with van der Waals surface area (Å²) < 4.78 is 0. The minimum Gasteiger partial charge on any atom is -0.360 e. The number of thiocarbonyl (C=S) groups is 1. The third-order valence-electron chi connectivity index (χ3n) is 6.99. The van der Waals surface area contributed by atoms with E-state index >= 15 is 0 Å². The highest BCUT2D eigenvalue weighted by Gasteiger charge is 2.34. The van der Waals surface area contributed by atoms with E-state index in [1.165, 1.54) is 25.7 Å². The fourth-order valence-electron chi connectivity index (χ4n) is 5.20. The number of likely N-dealkylation sites (tertiary alicyclic amines) is 1. The van der Waals surface area contributed by atoms with Gasteiger partial charge in [-0.25, -0.2) is 0 Å². The molecule has 5 rings (SSSR count). The van der Waals surface area contributed by atoms with Crippen LogP contribution in [0.2, 0.25) is 0 Å². The van der Waals surface area contributed by atoms with Gasteiger partial charge in [-0.15, -0.1) is 0 Å². The zero-order valence-corrected chi connectivity index (χ0v) is 19.3. The summed E-state index contributed by atoms with van der Waals surface area (Å²) in [4.78, 5) is 42.0. The first kappa shape index (κ1) is 21.8. The zero-order chi connectivity index (χ0) is 22.9. The summed E-state index contributed by atoms with van der Waals surface area (Å²) >= 11 is 5.58. The van der Waals surface area contributed by atoms with E-state index in [1.807, 2.05) is 12.1 Å². The molecule has 2 heterocycles. The van der Waals surface area contributed by atoms with Crippen LogP contribution in [0, 0.1) is 0 Å². The average molecular weight is 465 g/mol. The van der Waals surface area contributed by atoms with Gasteiger partial charge in [0.05, 0.1) is 0 Å². The first-order valence-corrected chi connectivity index (χ1v) is 12.1. The molecule has 8 heteroatoms. The predicted octanol–water partition coefficient (Wildman–Crippen LogP) is 2.83. The van der Waals surface area contributed by atoms with Crippen molar-refractivity contribution in [1.82, 2.24) is 20.4 Å². The fraction of sp³-hybridized carbons (Fsp3) is 0.440. The van der Waals surface area contributed by atoms with Crippen molar-refractivity contribution in [2.24, 2.45) is 0 Å². The van der Waals surface area contributed by atoms with Crippen molar-refractivity contribution in [3.05, 3.63) is 47.5 Å². The third-order valence-corrected chi connectivity index (χ3v) is 7.36. The maximum atomic E-state index is 13.0. The Kier molecular flexibility index (Phi) is 6.01. The maximum absolute atomic E-state index is 13.0. The largest absolute Gasteiger partial charge is 0.360 e. The smallest absolute Gasteiger partial charge is 0.261 e. The maximum Gasteiger partial charge on any atom is 0.261 e. The van der Waals surface area contributed by atoms with Crippen LogP contribution in [0.25, 0.3) is 10.8 Å². The molecule has 0 unspecified atom stereocenters. The van der Waals surface area contributed by atoms with Gasteiger partial charge in [-0.2, -0.15) is 0 Å². The van der Waals surface area contributed by atoms with E-state index < -0.39 is 11.8 Å². The Bertz CT molecular complexity index is 1070. The Balaban J connectivity index is 1.17. The molecule has 0 aromatic heterocycles. The van der Waals surface area contributed by atoms with E-state index in [9.17, 15) is 14.4 Å². The van der Waals surface area contributed by atoms with E-state index in [4.69, 9.17) is 12.2 Å². The standard InChI is InChI=1S/C25H28N4O3S/c30-21(26-18-11-13-28(14-12-18)25(33)27-17-7-1-2-8-17)15-29-23(31)19-9-3-5-16-6-4-10-20(22(16)19)24(29)32/h3-6,9-10,17-18H,1-2,7-8,11-15H2,(H,26,30)(H,27,33). The molecule has 1 aliphatic carbocycles. The van der Waals surface area contributed by atoms with E-state index in [2.05, 4.69) is 15.5 Å². The van der Waals surface area contributed by atoms with Crippen LogP contribution in [0.5, 0.6) is 0 Å². The number of hydrogen-bond acceptors (Lipinski definition) is 4. The second kappa shape index (κ2) is 9.09. The lowest BCUT2D eigenvalue weighted by Crippen LogP contribution is -2.52. The summed E-state index contributed by atoms with van der Waals surface area (Å²) in [6, 6.07) is 11.3. The van der Waals surface area contributed by atoms with Gasteiger partial charge in [-0.05, 0) is 55.4 Å². The van der Waals surface area contributed by atoms with Crippen LogP contribution in [-0.4, -0.2) is 64.4 Å². The summed E-state index contributed by atoms with van der Waals surface area (Å²) in [6.45, 7) is 1.28. The SMILES string of the molecule is O=C(CN1C(=O)c2cccc3cccc(c23)C1=O)NC1CCN(C(=S)NC2CCCC2)CC1. The monoisotopic (exact) mass is 464 g/mol. The third kappa shape index (κ3) is 4.31. The van der Waals surface area contributed by atoms with E-state index in [0.29, 0.717) is 22.6 Å². The average Bonchev–Trinajstić information content (AvgIpc) is 3.33. The molecule has 0 bridgehead atoms. The highest BCUT2D eigenvalue weighted by Crippen LogP contribution is 2.29. The molecule has 2 aromatic rings. The fourth-order valence-corrected chi connectivity index (χ4v) is 5.55. The molecule has 1 saturated heterocycles. The highest BCUT2D eigenvalue weighted by atomic mass is 32.1. The topological polar surface area (TPSA) is 81.8 Å². The van der Waals surface area contributed by atoms with Crippen molar-refractivity contribution in [3.8, 4) is 0 Å². The molecule has 2 aromatic carbocycles. The molecule has 7 nitrogen and oxygen atoms in total. The van der Waals surface area contributed by atoms with E-state index in [1.54, 1.807) is 24.3 Å². The molecule has 2 aliphatic heterocycles. The first-order valence-electron chi connectivity index (χ1n) is 11.7. The van der Waals surface area contributed by atoms with Gasteiger partial charge in [0.1, 0.15) is 6.54 Å². The second-order valence-corrected chi connectivity index (χ2v) is 9.55. The van der Waals surface area contributed by atoms with Crippen molar-refractivity contribution < 1.29 is 14.4 Å². The minimum atomic E-state index is -0.419. The van der Waals surface area contributed by atoms with Gasteiger partial charge >= 0.3 is 0 Å². The molecule has 172 valence electrons. The van der Waals surface area contributed by atoms with Gasteiger partial charge in [0.15, 0.2) is 5.11 Å². The van der Waals surface area contributed by atoms with Gasteiger partial charge in [0, 0.05) is 41.7 Å². The Morgan fingerprint density at radius 1 is 0.879 bits per heavy atom. The molecular weight excluding hydrogens is 436 g/mol.